The van der Waals surface area contributed by atoms with Crippen LogP contribution >= 0.6 is 35.6 Å². The number of pyridine rings is 1. The van der Waals surface area contributed by atoms with Crippen LogP contribution in [0, 0.1) is 0 Å². The molecule has 14 heteroatoms. The third kappa shape index (κ3) is 7.29. The lowest BCUT2D eigenvalue weighted by atomic mass is 10.1. The summed E-state index contributed by atoms with van der Waals surface area (Å²) < 4.78 is 66.6. The van der Waals surface area contributed by atoms with Gasteiger partial charge in [0, 0.05) is 32.4 Å². The molecule has 0 spiro atoms. The summed E-state index contributed by atoms with van der Waals surface area (Å²) in [4.78, 5) is 8.03. The van der Waals surface area contributed by atoms with Crippen LogP contribution in [-0.4, -0.2) is 68.5 Å². The first-order chi connectivity index (χ1) is 13.1. The van der Waals surface area contributed by atoms with Crippen molar-refractivity contribution in [3.05, 3.63) is 23.4 Å². The first kappa shape index (κ1) is 26.0. The molecule has 1 aromatic rings. The van der Waals surface area contributed by atoms with Gasteiger partial charge in [0.05, 0.1) is 6.54 Å². The molecule has 0 unspecified atom stereocenters. The number of rotatable bonds is 6. The normalized spacial score (nSPS) is 16.8. The average molecular weight is 572 g/mol. The molecule has 166 valence electrons. The molecule has 0 aliphatic carbocycles. The van der Waals surface area contributed by atoms with Crippen molar-refractivity contribution in [3.8, 4) is 5.88 Å². The van der Waals surface area contributed by atoms with Crippen molar-refractivity contribution in [2.75, 3.05) is 33.3 Å². The predicted molar refractivity (Wildman–Crippen MR) is 114 cm³/mol. The molecule has 0 saturated carbocycles. The number of hydrogen-bond donors (Lipinski definition) is 2. The van der Waals surface area contributed by atoms with Crippen molar-refractivity contribution in [3.63, 3.8) is 0 Å². The van der Waals surface area contributed by atoms with Crippen molar-refractivity contribution >= 4 is 51.6 Å². The minimum absolute atomic E-state index is 0. The number of guanidine groups is 1. The van der Waals surface area contributed by atoms with Gasteiger partial charge >= 0.3 is 15.5 Å². The minimum atomic E-state index is -5.28. The van der Waals surface area contributed by atoms with Crippen LogP contribution in [0.5, 0.6) is 5.88 Å². The standard InChI is InChI=1S/C15H21ClF3N5O3S.HI/c1-20-14(22-7-10-27-13-12(16)3-2-6-21-13)23-11-4-8-24(9-5-11)28(25,26)15(17,18)19;/h2-3,6,11H,4-5,7-10H2,1H3,(H2,20,22,23);1H. The van der Waals surface area contributed by atoms with E-state index in [9.17, 15) is 21.6 Å². The van der Waals surface area contributed by atoms with Crippen LogP contribution in [0.15, 0.2) is 23.3 Å². The zero-order valence-corrected chi connectivity index (χ0v) is 19.3. The number of alkyl halides is 3. The molecule has 2 heterocycles. The lowest BCUT2D eigenvalue weighted by Crippen LogP contribution is -2.52. The molecule has 0 radical (unpaired) electrons. The summed E-state index contributed by atoms with van der Waals surface area (Å²) in [7, 11) is -3.73. The Balaban J connectivity index is 0.00000420. The summed E-state index contributed by atoms with van der Waals surface area (Å²) in [6.45, 7) is 0.225. The number of hydrogen-bond acceptors (Lipinski definition) is 5. The number of piperidine rings is 1. The van der Waals surface area contributed by atoms with Gasteiger partial charge in [-0.3, -0.25) is 4.99 Å². The molecule has 0 atom stereocenters. The predicted octanol–water partition coefficient (Wildman–Crippen LogP) is 2.21. The summed E-state index contributed by atoms with van der Waals surface area (Å²) in [5.74, 6) is 0.750. The molecule has 1 aliphatic rings. The van der Waals surface area contributed by atoms with Gasteiger partial charge in [0.15, 0.2) is 5.96 Å². The van der Waals surface area contributed by atoms with Gasteiger partial charge in [-0.1, -0.05) is 11.6 Å². The van der Waals surface area contributed by atoms with E-state index in [0.29, 0.717) is 27.7 Å². The second-order valence-electron chi connectivity index (χ2n) is 5.91. The number of ether oxygens (including phenoxy) is 1. The summed E-state index contributed by atoms with van der Waals surface area (Å²) in [6.07, 6.45) is 2.02. The average Bonchev–Trinajstić information content (AvgIpc) is 2.65. The summed E-state index contributed by atoms with van der Waals surface area (Å²) in [6, 6.07) is 3.14. The Hall–Kier alpha value is -1.06. The highest BCUT2D eigenvalue weighted by Crippen LogP contribution is 2.28. The Morgan fingerprint density at radius 1 is 1.41 bits per heavy atom. The van der Waals surface area contributed by atoms with Crippen molar-refractivity contribution in [1.29, 1.82) is 0 Å². The molecule has 2 N–H and O–H groups in total. The van der Waals surface area contributed by atoms with Gasteiger partial charge in [-0.15, -0.1) is 24.0 Å². The van der Waals surface area contributed by atoms with Crippen LogP contribution in [0.4, 0.5) is 13.2 Å². The second-order valence-corrected chi connectivity index (χ2v) is 8.24. The lowest BCUT2D eigenvalue weighted by Gasteiger charge is -2.32. The Morgan fingerprint density at radius 2 is 2.07 bits per heavy atom. The van der Waals surface area contributed by atoms with Crippen molar-refractivity contribution in [2.45, 2.75) is 24.4 Å². The highest BCUT2D eigenvalue weighted by Gasteiger charge is 2.50. The van der Waals surface area contributed by atoms with Crippen molar-refractivity contribution in [2.24, 2.45) is 4.99 Å². The van der Waals surface area contributed by atoms with Crippen molar-refractivity contribution < 1.29 is 26.3 Å². The lowest BCUT2D eigenvalue weighted by molar-refractivity contribution is -0.0494. The number of sulfonamides is 1. The van der Waals surface area contributed by atoms with Gasteiger partial charge in [-0.25, -0.2) is 13.4 Å². The van der Waals surface area contributed by atoms with Crippen LogP contribution in [0.3, 0.4) is 0 Å². The molecule has 1 aliphatic heterocycles. The van der Waals surface area contributed by atoms with E-state index in [1.807, 2.05) is 0 Å². The van der Waals surface area contributed by atoms with Crippen LogP contribution in [0.1, 0.15) is 12.8 Å². The number of nitrogens with zero attached hydrogens (tertiary/aromatic N) is 3. The first-order valence-corrected chi connectivity index (χ1v) is 10.2. The zero-order chi connectivity index (χ0) is 20.8. The minimum Gasteiger partial charge on any atom is -0.475 e. The summed E-state index contributed by atoms with van der Waals surface area (Å²) in [5, 5.41) is 6.46. The Kier molecular flexibility index (Phi) is 10.2. The van der Waals surface area contributed by atoms with E-state index in [0.717, 1.165) is 0 Å². The fourth-order valence-electron chi connectivity index (χ4n) is 2.57. The van der Waals surface area contributed by atoms with E-state index in [4.69, 9.17) is 16.3 Å². The molecular weight excluding hydrogens is 550 g/mol. The number of aliphatic imine (C=N–C) groups is 1. The first-order valence-electron chi connectivity index (χ1n) is 8.42. The number of nitrogens with one attached hydrogen (secondary N) is 2. The number of halogens is 5. The fourth-order valence-corrected chi connectivity index (χ4v) is 3.73. The highest BCUT2D eigenvalue weighted by molar-refractivity contribution is 14.0. The van der Waals surface area contributed by atoms with E-state index in [2.05, 4.69) is 20.6 Å². The Labute approximate surface area is 189 Å². The zero-order valence-electron chi connectivity index (χ0n) is 15.4. The van der Waals surface area contributed by atoms with Gasteiger partial charge in [0.25, 0.3) is 0 Å². The van der Waals surface area contributed by atoms with E-state index in [1.165, 1.54) is 0 Å². The molecule has 0 amide bonds. The topological polar surface area (TPSA) is 95.9 Å². The maximum atomic E-state index is 12.6. The monoisotopic (exact) mass is 571 g/mol. The molecule has 8 nitrogen and oxygen atoms in total. The van der Waals surface area contributed by atoms with Crippen LogP contribution < -0.4 is 15.4 Å². The van der Waals surface area contributed by atoms with E-state index >= 15 is 0 Å². The van der Waals surface area contributed by atoms with Gasteiger partial charge in [0.1, 0.15) is 11.6 Å². The molecule has 2 rings (SSSR count). The van der Waals surface area contributed by atoms with Crippen LogP contribution in [0.2, 0.25) is 5.02 Å². The molecular formula is C15H22ClF3IN5O3S. The molecule has 1 saturated heterocycles. The molecule has 1 aromatic heterocycles. The van der Waals surface area contributed by atoms with Gasteiger partial charge < -0.3 is 15.4 Å². The van der Waals surface area contributed by atoms with Crippen LogP contribution in [0.25, 0.3) is 0 Å². The smallest absolute Gasteiger partial charge is 0.475 e. The maximum absolute atomic E-state index is 12.6. The fraction of sp³-hybridized carbons (Fsp3) is 0.600. The summed E-state index contributed by atoms with van der Waals surface area (Å²) in [5.41, 5.74) is -5.28. The largest absolute Gasteiger partial charge is 0.511 e. The quantitative estimate of drug-likeness (QED) is 0.235. The third-order valence-electron chi connectivity index (χ3n) is 4.01. The maximum Gasteiger partial charge on any atom is 0.511 e. The van der Waals surface area contributed by atoms with E-state index in [1.54, 1.807) is 25.4 Å². The SMILES string of the molecule is CN=C(NCCOc1ncccc1Cl)NC1CCN(S(=O)(=O)C(F)(F)F)CC1.I. The summed E-state index contributed by atoms with van der Waals surface area (Å²) >= 11 is 5.93. The number of aromatic nitrogens is 1. The molecule has 0 aromatic carbocycles. The second kappa shape index (κ2) is 11.4. The Morgan fingerprint density at radius 3 is 2.62 bits per heavy atom. The molecule has 1 fully saturated rings. The van der Waals surface area contributed by atoms with E-state index in [-0.39, 0.29) is 62.6 Å². The molecule has 29 heavy (non-hydrogen) atoms. The van der Waals surface area contributed by atoms with E-state index < -0.39 is 15.5 Å². The van der Waals surface area contributed by atoms with Gasteiger partial charge in [-0.2, -0.15) is 17.5 Å². The highest BCUT2D eigenvalue weighted by atomic mass is 127. The molecule has 0 bridgehead atoms. The van der Waals surface area contributed by atoms with Gasteiger partial charge in [-0.05, 0) is 25.0 Å². The van der Waals surface area contributed by atoms with Crippen molar-refractivity contribution in [1.82, 2.24) is 19.9 Å². The van der Waals surface area contributed by atoms with Crippen LogP contribution in [-0.2, 0) is 10.0 Å². The third-order valence-corrected chi connectivity index (χ3v) is 5.93. The van der Waals surface area contributed by atoms with Gasteiger partial charge in [0.2, 0.25) is 5.88 Å². The Bertz CT molecular complexity index is 790.